The number of carbonyl (C=O) groups excluding carboxylic acids is 1. The van der Waals surface area contributed by atoms with Crippen LogP contribution < -0.4 is 0 Å². The van der Waals surface area contributed by atoms with E-state index in [1.807, 2.05) is 38.1 Å². The average molecular weight is 304 g/mol. The third-order valence-electron chi connectivity index (χ3n) is 1.89. The molecular formula is C11H13IO2. The summed E-state index contributed by atoms with van der Waals surface area (Å²) in [6.45, 7) is 4.00. The molecule has 0 fully saturated rings. The van der Waals surface area contributed by atoms with Gasteiger partial charge in [0.1, 0.15) is 10.7 Å². The number of ketones is 1. The minimum absolute atomic E-state index is 0.0478. The predicted octanol–water partition coefficient (Wildman–Crippen LogP) is 2.98. The molecule has 1 unspecified atom stereocenters. The highest BCUT2D eigenvalue weighted by molar-refractivity contribution is 14.1. The lowest BCUT2D eigenvalue weighted by Crippen LogP contribution is -2.12. The number of aryl methyl sites for hydroxylation is 1. The van der Waals surface area contributed by atoms with Crippen molar-refractivity contribution in [1.29, 1.82) is 0 Å². The predicted molar refractivity (Wildman–Crippen MR) is 64.9 cm³/mol. The zero-order chi connectivity index (χ0) is 10.6. The second kappa shape index (κ2) is 5.46. The molecule has 0 radical (unpaired) electrons. The molecule has 0 bridgehead atoms. The SMILES string of the molecule is Cc1ccccc1C(=O)COC(C)I. The normalized spacial score (nSPS) is 12.5. The van der Waals surface area contributed by atoms with Crippen molar-refractivity contribution in [1.82, 2.24) is 0 Å². The quantitative estimate of drug-likeness (QED) is 0.486. The van der Waals surface area contributed by atoms with Crippen LogP contribution in [0.25, 0.3) is 0 Å². The van der Waals surface area contributed by atoms with Crippen molar-refractivity contribution in [2.24, 2.45) is 0 Å². The Morgan fingerprint density at radius 2 is 2.14 bits per heavy atom. The van der Waals surface area contributed by atoms with Crippen molar-refractivity contribution >= 4 is 28.4 Å². The Morgan fingerprint density at radius 1 is 1.50 bits per heavy atom. The fourth-order valence-corrected chi connectivity index (χ4v) is 1.33. The maximum atomic E-state index is 11.6. The fourth-order valence-electron chi connectivity index (χ4n) is 1.15. The van der Waals surface area contributed by atoms with Crippen molar-refractivity contribution in [3.63, 3.8) is 0 Å². The van der Waals surface area contributed by atoms with E-state index in [1.165, 1.54) is 0 Å². The number of carbonyl (C=O) groups is 1. The summed E-state index contributed by atoms with van der Waals surface area (Å²) in [5.74, 6) is 0.0478. The zero-order valence-electron chi connectivity index (χ0n) is 8.29. The minimum atomic E-state index is 0.0478. The second-order valence-corrected chi connectivity index (χ2v) is 4.85. The highest BCUT2D eigenvalue weighted by Gasteiger charge is 2.09. The Balaban J connectivity index is 2.65. The van der Waals surface area contributed by atoms with E-state index in [-0.39, 0.29) is 16.5 Å². The van der Waals surface area contributed by atoms with Gasteiger partial charge in [-0.25, -0.2) is 0 Å². The van der Waals surface area contributed by atoms with E-state index in [1.54, 1.807) is 0 Å². The monoisotopic (exact) mass is 304 g/mol. The number of halogens is 1. The first kappa shape index (κ1) is 11.7. The van der Waals surface area contributed by atoms with E-state index in [9.17, 15) is 4.79 Å². The number of rotatable bonds is 4. The van der Waals surface area contributed by atoms with Gasteiger partial charge in [-0.2, -0.15) is 0 Å². The van der Waals surface area contributed by atoms with Crippen LogP contribution in [0.15, 0.2) is 24.3 Å². The Hall–Kier alpha value is -0.420. The first-order chi connectivity index (χ1) is 6.61. The summed E-state index contributed by atoms with van der Waals surface area (Å²) in [6.07, 6.45) is 0. The smallest absolute Gasteiger partial charge is 0.188 e. The van der Waals surface area contributed by atoms with Gasteiger partial charge >= 0.3 is 0 Å². The molecule has 0 heterocycles. The standard InChI is InChI=1S/C11H13IO2/c1-8-5-3-4-6-10(8)11(13)7-14-9(2)12/h3-6,9H,7H2,1-2H3. The lowest BCUT2D eigenvalue weighted by Gasteiger charge is -2.06. The summed E-state index contributed by atoms with van der Waals surface area (Å²) in [7, 11) is 0. The van der Waals surface area contributed by atoms with Crippen molar-refractivity contribution in [3.8, 4) is 0 Å². The fraction of sp³-hybridized carbons (Fsp3) is 0.364. The molecule has 0 spiro atoms. The van der Waals surface area contributed by atoms with Crippen LogP contribution in [0.2, 0.25) is 0 Å². The van der Waals surface area contributed by atoms with Crippen molar-refractivity contribution in [2.45, 2.75) is 18.0 Å². The summed E-state index contributed by atoms with van der Waals surface area (Å²) in [5.41, 5.74) is 1.76. The number of ether oxygens (including phenoxy) is 1. The molecule has 1 aromatic rings. The van der Waals surface area contributed by atoms with Crippen molar-refractivity contribution in [2.75, 3.05) is 6.61 Å². The summed E-state index contributed by atoms with van der Waals surface area (Å²) in [4.78, 5) is 11.6. The Kier molecular flexibility index (Phi) is 4.54. The van der Waals surface area contributed by atoms with E-state index in [2.05, 4.69) is 22.6 Å². The van der Waals surface area contributed by atoms with Crippen LogP contribution in [0.1, 0.15) is 22.8 Å². The van der Waals surface area contributed by atoms with Crippen LogP contribution in [-0.4, -0.2) is 16.5 Å². The third-order valence-corrected chi connectivity index (χ3v) is 2.25. The molecule has 2 nitrogen and oxygen atoms in total. The lowest BCUT2D eigenvalue weighted by atomic mass is 10.1. The molecule has 0 saturated heterocycles. The summed E-state index contributed by atoms with van der Waals surface area (Å²) in [6, 6.07) is 7.56. The highest BCUT2D eigenvalue weighted by Crippen LogP contribution is 2.09. The van der Waals surface area contributed by atoms with E-state index in [0.717, 1.165) is 11.1 Å². The van der Waals surface area contributed by atoms with Gasteiger partial charge < -0.3 is 4.74 Å². The summed E-state index contributed by atoms with van der Waals surface area (Å²) >= 11 is 2.13. The molecule has 76 valence electrons. The van der Waals surface area contributed by atoms with Crippen LogP contribution in [0.5, 0.6) is 0 Å². The number of Topliss-reactive ketones (excluding diaryl/α,β-unsaturated/α-hetero) is 1. The van der Waals surface area contributed by atoms with Gasteiger partial charge in [0.2, 0.25) is 0 Å². The van der Waals surface area contributed by atoms with E-state index in [4.69, 9.17) is 4.74 Å². The minimum Gasteiger partial charge on any atom is -0.360 e. The van der Waals surface area contributed by atoms with Gasteiger partial charge in [-0.15, -0.1) is 0 Å². The Bertz CT molecular complexity index is 321. The molecule has 1 aromatic carbocycles. The molecule has 0 aliphatic heterocycles. The molecule has 0 N–H and O–H groups in total. The third kappa shape index (κ3) is 3.38. The molecular weight excluding hydrogens is 291 g/mol. The number of hydrogen-bond acceptors (Lipinski definition) is 2. The average Bonchev–Trinajstić information content (AvgIpc) is 2.15. The first-order valence-corrected chi connectivity index (χ1v) is 5.70. The van der Waals surface area contributed by atoms with Crippen LogP contribution in [-0.2, 0) is 4.74 Å². The summed E-state index contributed by atoms with van der Waals surface area (Å²) in [5, 5.41) is 0. The summed E-state index contributed by atoms with van der Waals surface area (Å²) < 4.78 is 5.32. The van der Waals surface area contributed by atoms with Crippen molar-refractivity contribution in [3.05, 3.63) is 35.4 Å². The second-order valence-electron chi connectivity index (χ2n) is 3.09. The van der Waals surface area contributed by atoms with Crippen LogP contribution in [0.3, 0.4) is 0 Å². The van der Waals surface area contributed by atoms with E-state index < -0.39 is 0 Å². The molecule has 1 rings (SSSR count). The molecule has 0 amide bonds. The van der Waals surface area contributed by atoms with Crippen LogP contribution in [0.4, 0.5) is 0 Å². The molecule has 0 aliphatic carbocycles. The van der Waals surface area contributed by atoms with E-state index >= 15 is 0 Å². The molecule has 3 heteroatoms. The van der Waals surface area contributed by atoms with Gasteiger partial charge in [-0.3, -0.25) is 4.79 Å². The van der Waals surface area contributed by atoms with Crippen LogP contribution >= 0.6 is 22.6 Å². The number of alkyl halides is 1. The molecule has 1 atom stereocenters. The lowest BCUT2D eigenvalue weighted by molar-refractivity contribution is 0.0757. The van der Waals surface area contributed by atoms with Gasteiger partial charge in [-0.05, 0) is 19.4 Å². The molecule has 0 aliphatic rings. The van der Waals surface area contributed by atoms with Gasteiger partial charge in [0.15, 0.2) is 5.78 Å². The first-order valence-electron chi connectivity index (χ1n) is 4.45. The van der Waals surface area contributed by atoms with Crippen LogP contribution in [0, 0.1) is 6.92 Å². The highest BCUT2D eigenvalue weighted by atomic mass is 127. The van der Waals surface area contributed by atoms with Gasteiger partial charge in [0.05, 0.1) is 0 Å². The molecule has 14 heavy (non-hydrogen) atoms. The Labute approximate surface area is 97.8 Å². The molecule has 0 aromatic heterocycles. The van der Waals surface area contributed by atoms with E-state index in [0.29, 0.717) is 0 Å². The van der Waals surface area contributed by atoms with Gasteiger partial charge in [-0.1, -0.05) is 46.9 Å². The molecule has 0 saturated carbocycles. The van der Waals surface area contributed by atoms with Gasteiger partial charge in [0.25, 0.3) is 0 Å². The topological polar surface area (TPSA) is 26.3 Å². The zero-order valence-corrected chi connectivity index (χ0v) is 10.4. The maximum absolute atomic E-state index is 11.6. The van der Waals surface area contributed by atoms with Gasteiger partial charge in [0, 0.05) is 5.56 Å². The number of hydrogen-bond donors (Lipinski definition) is 0. The number of benzene rings is 1. The van der Waals surface area contributed by atoms with Crippen molar-refractivity contribution < 1.29 is 9.53 Å². The maximum Gasteiger partial charge on any atom is 0.188 e. The largest absolute Gasteiger partial charge is 0.360 e. The Morgan fingerprint density at radius 3 is 2.71 bits per heavy atom.